The van der Waals surface area contributed by atoms with Crippen molar-refractivity contribution in [2.75, 3.05) is 33.2 Å². The van der Waals surface area contributed by atoms with Gasteiger partial charge in [0, 0.05) is 43.9 Å². The second kappa shape index (κ2) is 15.4. The third-order valence-corrected chi connectivity index (χ3v) is 8.30. The molecule has 42 heavy (non-hydrogen) atoms. The Morgan fingerprint density at radius 1 is 1.19 bits per heavy atom. The molecule has 0 saturated carbocycles. The number of pyridine rings is 1. The number of aliphatic hydroxyl groups is 2. The summed E-state index contributed by atoms with van der Waals surface area (Å²) in [5, 5.41) is 22.0. The molecule has 230 valence electrons. The molecule has 1 aliphatic heterocycles. The highest BCUT2D eigenvalue weighted by molar-refractivity contribution is 6.38. The zero-order valence-corrected chi connectivity index (χ0v) is 25.6. The van der Waals surface area contributed by atoms with E-state index in [0.717, 1.165) is 25.2 Å². The van der Waals surface area contributed by atoms with Crippen molar-refractivity contribution in [2.24, 2.45) is 11.8 Å². The highest BCUT2D eigenvalue weighted by Crippen LogP contribution is 2.29. The van der Waals surface area contributed by atoms with Gasteiger partial charge in [0.25, 0.3) is 0 Å². The van der Waals surface area contributed by atoms with Gasteiger partial charge in [-0.25, -0.2) is 4.79 Å². The first kappa shape index (κ1) is 33.4. The minimum Gasteiger partial charge on any atom is -0.439 e. The van der Waals surface area contributed by atoms with Crippen LogP contribution in [-0.2, 0) is 14.3 Å². The molecule has 3 rings (SSSR count). The maximum absolute atomic E-state index is 13.4. The molecule has 2 aliphatic rings. The molecule has 9 heteroatoms. The van der Waals surface area contributed by atoms with Crippen molar-refractivity contribution in [3.8, 4) is 0 Å². The number of aromatic nitrogens is 1. The largest absolute Gasteiger partial charge is 0.439 e. The van der Waals surface area contributed by atoms with Gasteiger partial charge in [-0.15, -0.1) is 0 Å². The summed E-state index contributed by atoms with van der Waals surface area (Å²) in [5.41, 5.74) is 0.115. The zero-order valence-electron chi connectivity index (χ0n) is 25.6. The third-order valence-electron chi connectivity index (χ3n) is 8.30. The predicted molar refractivity (Wildman–Crippen MR) is 162 cm³/mol. The van der Waals surface area contributed by atoms with Crippen LogP contribution in [0.4, 0.5) is 4.79 Å². The van der Waals surface area contributed by atoms with E-state index >= 15 is 0 Å². The van der Waals surface area contributed by atoms with Crippen molar-refractivity contribution >= 4 is 17.7 Å². The summed E-state index contributed by atoms with van der Waals surface area (Å²) in [6.07, 6.45) is 8.81. The lowest BCUT2D eigenvalue weighted by atomic mass is 9.79. The van der Waals surface area contributed by atoms with Crippen molar-refractivity contribution in [3.63, 3.8) is 0 Å². The summed E-state index contributed by atoms with van der Waals surface area (Å²) in [7, 11) is 2.01. The lowest BCUT2D eigenvalue weighted by Gasteiger charge is -2.34. The molecule has 0 bridgehead atoms. The lowest BCUT2D eigenvalue weighted by Crippen LogP contribution is -2.45. The van der Waals surface area contributed by atoms with E-state index in [1.54, 1.807) is 30.2 Å². The number of ether oxygens (including phenoxy) is 1. The van der Waals surface area contributed by atoms with Gasteiger partial charge in [-0.3, -0.25) is 14.6 Å². The van der Waals surface area contributed by atoms with Crippen LogP contribution < -0.4 is 0 Å². The van der Waals surface area contributed by atoms with E-state index in [1.807, 2.05) is 64.2 Å². The summed E-state index contributed by atoms with van der Waals surface area (Å²) in [6.45, 7) is 9.93. The number of allylic oxidation sites excluding steroid dienone is 5. The molecule has 0 spiro atoms. The van der Waals surface area contributed by atoms with Gasteiger partial charge in [0.05, 0.1) is 12.0 Å². The average molecular weight is 582 g/mol. The number of amides is 1. The number of likely N-dealkylation sites (N-methyl/N-ethyl adjacent to an activating group) is 1. The van der Waals surface area contributed by atoms with E-state index in [-0.39, 0.29) is 25.2 Å². The number of hydrogen-bond donors (Lipinski definition) is 2. The number of carbonyl (C=O) groups excluding carboxylic acids is 3. The maximum Gasteiger partial charge on any atom is 0.410 e. The van der Waals surface area contributed by atoms with Gasteiger partial charge in [0.2, 0.25) is 11.6 Å². The molecule has 2 N–H and O–H groups in total. The summed E-state index contributed by atoms with van der Waals surface area (Å²) in [4.78, 5) is 47.7. The first-order chi connectivity index (χ1) is 19.9. The van der Waals surface area contributed by atoms with Crippen LogP contribution in [0.25, 0.3) is 0 Å². The van der Waals surface area contributed by atoms with E-state index in [4.69, 9.17) is 4.74 Å². The number of nitrogens with zero attached hydrogens (tertiary/aromatic N) is 3. The quantitative estimate of drug-likeness (QED) is 0.303. The maximum atomic E-state index is 13.4. The molecule has 1 amide bonds. The van der Waals surface area contributed by atoms with Crippen LogP contribution in [0.5, 0.6) is 0 Å². The molecule has 1 saturated heterocycles. The van der Waals surface area contributed by atoms with Crippen LogP contribution >= 0.6 is 0 Å². The molecule has 1 aromatic heterocycles. The molecule has 2 heterocycles. The van der Waals surface area contributed by atoms with Crippen molar-refractivity contribution < 1.29 is 29.3 Å². The van der Waals surface area contributed by atoms with Crippen LogP contribution in [0.2, 0.25) is 0 Å². The Bertz CT molecular complexity index is 1160. The number of ketones is 2. The van der Waals surface area contributed by atoms with Gasteiger partial charge >= 0.3 is 6.09 Å². The summed E-state index contributed by atoms with van der Waals surface area (Å²) >= 11 is 0. The van der Waals surface area contributed by atoms with Gasteiger partial charge in [0.15, 0.2) is 6.10 Å². The topological polar surface area (TPSA) is 120 Å². The number of rotatable bonds is 5. The molecular weight excluding hydrogens is 534 g/mol. The number of carbonyl (C=O) groups is 3. The number of aliphatic hydroxyl groups excluding tert-OH is 1. The van der Waals surface area contributed by atoms with Gasteiger partial charge < -0.3 is 24.7 Å². The SMILES string of the molecule is C/C(=C\C=C\[C@H](C)c1ccccn1)[C@H]1C(=O)C(=O)C[C@@H](O)CC[C@](C)(O)[C@@H](OC(=O)N2CCCN(C)CC2)/C=C/[C@@H]1C. The summed E-state index contributed by atoms with van der Waals surface area (Å²) in [6, 6.07) is 5.74. The van der Waals surface area contributed by atoms with Crippen LogP contribution in [0.3, 0.4) is 0 Å². The molecule has 0 unspecified atom stereocenters. The van der Waals surface area contributed by atoms with Crippen molar-refractivity contribution in [3.05, 3.63) is 66.0 Å². The van der Waals surface area contributed by atoms with Crippen molar-refractivity contribution in [1.29, 1.82) is 0 Å². The summed E-state index contributed by atoms with van der Waals surface area (Å²) in [5.74, 6) is -2.38. The Morgan fingerprint density at radius 2 is 1.95 bits per heavy atom. The molecule has 6 atom stereocenters. The standard InChI is InChI=1S/C33H47N3O6/c1-23(27-12-6-7-17-34-27)10-8-11-24(2)30-25(3)13-14-29(42-32(40)36-19-9-18-35(5)20-21-36)33(4,41)16-15-26(37)22-28(38)31(30)39/h6-8,10-14,17,23,25-26,29-30,37,41H,9,15-16,18-22H2,1-5H3/b10-8+,14-13+,24-11+/t23-,25-,26-,29-,30+,33-/m0/s1. The molecule has 0 radical (unpaired) electrons. The molecule has 1 aliphatic carbocycles. The second-order valence-electron chi connectivity index (χ2n) is 12.1. The molecule has 0 aromatic carbocycles. The van der Waals surface area contributed by atoms with Crippen LogP contribution in [0.1, 0.15) is 65.0 Å². The lowest BCUT2D eigenvalue weighted by molar-refractivity contribution is -0.140. The Balaban J connectivity index is 1.87. The predicted octanol–water partition coefficient (Wildman–Crippen LogP) is 4.07. The summed E-state index contributed by atoms with van der Waals surface area (Å²) < 4.78 is 5.87. The van der Waals surface area contributed by atoms with E-state index < -0.39 is 47.3 Å². The molecular formula is C33H47N3O6. The molecule has 1 fully saturated rings. The van der Waals surface area contributed by atoms with Gasteiger partial charge in [0.1, 0.15) is 5.60 Å². The molecule has 1 aromatic rings. The first-order valence-corrected chi connectivity index (χ1v) is 14.9. The zero-order chi connectivity index (χ0) is 30.9. The fourth-order valence-electron chi connectivity index (χ4n) is 5.45. The minimum atomic E-state index is -1.49. The first-order valence-electron chi connectivity index (χ1n) is 14.9. The minimum absolute atomic E-state index is 0.0543. The second-order valence-corrected chi connectivity index (χ2v) is 12.1. The Kier molecular flexibility index (Phi) is 12.2. The highest BCUT2D eigenvalue weighted by atomic mass is 16.6. The van der Waals surface area contributed by atoms with Crippen LogP contribution in [0, 0.1) is 11.8 Å². The normalized spacial score (nSPS) is 30.7. The third kappa shape index (κ3) is 9.44. The number of Topliss-reactive ketones (excluding diaryl/α,β-unsaturated/α-hetero) is 2. The average Bonchev–Trinajstić information content (AvgIpc) is 3.18. The van der Waals surface area contributed by atoms with Crippen LogP contribution in [-0.4, -0.2) is 93.7 Å². The van der Waals surface area contributed by atoms with Gasteiger partial charge in [-0.05, 0) is 70.8 Å². The van der Waals surface area contributed by atoms with Crippen molar-refractivity contribution in [1.82, 2.24) is 14.8 Å². The highest BCUT2D eigenvalue weighted by Gasteiger charge is 2.38. The van der Waals surface area contributed by atoms with Gasteiger partial charge in [-0.1, -0.05) is 49.8 Å². The van der Waals surface area contributed by atoms with E-state index in [2.05, 4.69) is 9.88 Å². The Morgan fingerprint density at radius 3 is 2.67 bits per heavy atom. The smallest absolute Gasteiger partial charge is 0.410 e. The number of hydrogen-bond acceptors (Lipinski definition) is 8. The fourth-order valence-corrected chi connectivity index (χ4v) is 5.45. The Labute approximate surface area is 249 Å². The fraction of sp³-hybridized carbons (Fsp3) is 0.576. The van der Waals surface area contributed by atoms with E-state index in [0.29, 0.717) is 18.7 Å². The van der Waals surface area contributed by atoms with Crippen LogP contribution in [0.15, 0.2) is 60.3 Å². The van der Waals surface area contributed by atoms with E-state index in [1.165, 1.54) is 0 Å². The van der Waals surface area contributed by atoms with Gasteiger partial charge in [-0.2, -0.15) is 0 Å². The van der Waals surface area contributed by atoms with Crippen molar-refractivity contribution in [2.45, 2.75) is 77.1 Å². The Hall–Kier alpha value is -3.14. The molecule has 9 nitrogen and oxygen atoms in total. The van der Waals surface area contributed by atoms with E-state index in [9.17, 15) is 24.6 Å². The monoisotopic (exact) mass is 581 g/mol.